The van der Waals surface area contributed by atoms with Gasteiger partial charge in [0, 0.05) is 6.20 Å². The lowest BCUT2D eigenvalue weighted by molar-refractivity contribution is -0.140. The average molecular weight is 291 g/mol. The van der Waals surface area contributed by atoms with Crippen molar-refractivity contribution >= 4 is 17.7 Å². The summed E-state index contributed by atoms with van der Waals surface area (Å²) in [6, 6.07) is 2.25. The molecule has 0 spiro atoms. The topological polar surface area (TPSA) is 39.2 Å². The first-order chi connectivity index (χ1) is 8.91. The molecule has 1 aromatic heterocycles. The van der Waals surface area contributed by atoms with Crippen molar-refractivity contribution in [3.05, 3.63) is 23.9 Å². The molecule has 19 heavy (non-hydrogen) atoms. The van der Waals surface area contributed by atoms with Crippen molar-refractivity contribution in [2.75, 3.05) is 7.11 Å². The van der Waals surface area contributed by atoms with Crippen LogP contribution >= 0.6 is 11.8 Å². The van der Waals surface area contributed by atoms with Gasteiger partial charge in [-0.25, -0.2) is 4.98 Å². The van der Waals surface area contributed by atoms with Gasteiger partial charge in [0.2, 0.25) is 0 Å². The summed E-state index contributed by atoms with van der Waals surface area (Å²) in [6.45, 7) is 0. The van der Waals surface area contributed by atoms with Gasteiger partial charge >= 0.3 is 12.1 Å². The molecule has 1 aliphatic rings. The molecule has 0 bridgehead atoms. The van der Waals surface area contributed by atoms with E-state index in [4.69, 9.17) is 4.74 Å². The van der Waals surface area contributed by atoms with Crippen molar-refractivity contribution in [2.24, 2.45) is 5.92 Å². The van der Waals surface area contributed by atoms with E-state index in [0.29, 0.717) is 5.03 Å². The van der Waals surface area contributed by atoms with Crippen molar-refractivity contribution in [1.82, 2.24) is 4.98 Å². The number of aromatic nitrogens is 1. The van der Waals surface area contributed by atoms with Crippen molar-refractivity contribution < 1.29 is 22.7 Å². The zero-order chi connectivity index (χ0) is 14.0. The van der Waals surface area contributed by atoms with E-state index in [1.165, 1.54) is 13.2 Å². The fourth-order valence-electron chi connectivity index (χ4n) is 1.60. The molecule has 0 saturated heterocycles. The number of pyridine rings is 1. The monoisotopic (exact) mass is 291 g/mol. The number of esters is 1. The van der Waals surface area contributed by atoms with Crippen LogP contribution in [-0.2, 0) is 15.7 Å². The molecule has 2 rings (SSSR count). The van der Waals surface area contributed by atoms with Crippen LogP contribution in [0.1, 0.15) is 18.4 Å². The summed E-state index contributed by atoms with van der Waals surface area (Å²) in [5.74, 6) is -0.115. The van der Waals surface area contributed by atoms with Gasteiger partial charge in [0.25, 0.3) is 0 Å². The number of carbonyl (C=O) groups excluding carboxylic acids is 1. The molecule has 0 amide bonds. The Kier molecular flexibility index (Phi) is 4.03. The number of halogens is 3. The normalized spacial score (nSPS) is 17.1. The highest BCUT2D eigenvalue weighted by molar-refractivity contribution is 8.00. The lowest BCUT2D eigenvalue weighted by Gasteiger charge is -2.13. The highest BCUT2D eigenvalue weighted by atomic mass is 32.2. The Balaban J connectivity index is 2.07. The van der Waals surface area contributed by atoms with Crippen molar-refractivity contribution in [1.29, 1.82) is 0 Å². The van der Waals surface area contributed by atoms with Gasteiger partial charge in [0.1, 0.15) is 5.25 Å². The van der Waals surface area contributed by atoms with Gasteiger partial charge in [-0.15, -0.1) is 0 Å². The fourth-order valence-corrected chi connectivity index (χ4v) is 2.78. The minimum atomic E-state index is -4.39. The standard InChI is InChI=1S/C12H12F3NO2S/c1-18-11(17)10(7-2-3-7)19-9-5-4-8(6-16-9)12(13,14)15/h4-7,10H,2-3H2,1H3. The third kappa shape index (κ3) is 3.62. The largest absolute Gasteiger partial charge is 0.468 e. The first kappa shape index (κ1) is 14.2. The summed E-state index contributed by atoms with van der Waals surface area (Å²) in [4.78, 5) is 15.3. The maximum atomic E-state index is 12.4. The summed E-state index contributed by atoms with van der Waals surface area (Å²) in [6.07, 6.45) is -1.74. The SMILES string of the molecule is COC(=O)C(Sc1ccc(C(F)(F)F)cn1)C1CC1. The van der Waals surface area contributed by atoms with Crippen molar-refractivity contribution in [2.45, 2.75) is 29.3 Å². The molecule has 0 N–H and O–H groups in total. The number of alkyl halides is 3. The number of carbonyl (C=O) groups is 1. The molecule has 1 heterocycles. The van der Waals surface area contributed by atoms with Gasteiger partial charge in [-0.3, -0.25) is 4.79 Å². The molecule has 0 aromatic carbocycles. The van der Waals surface area contributed by atoms with Crippen LogP contribution in [0, 0.1) is 5.92 Å². The second-order valence-electron chi connectivity index (χ2n) is 4.28. The highest BCUT2D eigenvalue weighted by Gasteiger charge is 2.38. The molecule has 0 radical (unpaired) electrons. The highest BCUT2D eigenvalue weighted by Crippen LogP contribution is 2.42. The summed E-state index contributed by atoms with van der Waals surface area (Å²) < 4.78 is 41.8. The van der Waals surface area contributed by atoms with Crippen LogP contribution in [0.4, 0.5) is 13.2 Å². The lowest BCUT2D eigenvalue weighted by Crippen LogP contribution is -2.21. The average Bonchev–Trinajstić information content (AvgIpc) is 3.19. The van der Waals surface area contributed by atoms with E-state index in [2.05, 4.69) is 4.98 Å². The van der Waals surface area contributed by atoms with Gasteiger partial charge in [0.05, 0.1) is 17.7 Å². The Labute approximate surface area is 112 Å². The molecule has 1 unspecified atom stereocenters. The molecular formula is C12H12F3NO2S. The predicted molar refractivity (Wildman–Crippen MR) is 63.6 cm³/mol. The van der Waals surface area contributed by atoms with Crippen LogP contribution in [0.15, 0.2) is 23.4 Å². The van der Waals surface area contributed by atoms with E-state index in [9.17, 15) is 18.0 Å². The van der Waals surface area contributed by atoms with E-state index in [1.807, 2.05) is 0 Å². The summed E-state index contributed by atoms with van der Waals surface area (Å²) in [5, 5.41) is 0.0181. The van der Waals surface area contributed by atoms with E-state index in [1.54, 1.807) is 0 Å². The molecule has 104 valence electrons. The summed E-state index contributed by atoms with van der Waals surface area (Å²) in [5.41, 5.74) is -0.794. The van der Waals surface area contributed by atoms with Crippen LogP contribution < -0.4 is 0 Å². The van der Waals surface area contributed by atoms with Gasteiger partial charge in [-0.1, -0.05) is 11.8 Å². The maximum Gasteiger partial charge on any atom is 0.417 e. The molecule has 0 aliphatic heterocycles. The number of hydrogen-bond acceptors (Lipinski definition) is 4. The molecule has 7 heteroatoms. The second-order valence-corrected chi connectivity index (χ2v) is 5.44. The Hall–Kier alpha value is -1.24. The first-order valence-electron chi connectivity index (χ1n) is 5.69. The first-order valence-corrected chi connectivity index (χ1v) is 6.57. The molecule has 1 saturated carbocycles. The van der Waals surface area contributed by atoms with Crippen LogP contribution in [0.25, 0.3) is 0 Å². The van der Waals surface area contributed by atoms with Gasteiger partial charge < -0.3 is 4.74 Å². The Morgan fingerprint density at radius 3 is 2.58 bits per heavy atom. The Morgan fingerprint density at radius 1 is 1.47 bits per heavy atom. The second kappa shape index (κ2) is 5.40. The smallest absolute Gasteiger partial charge is 0.417 e. The Morgan fingerprint density at radius 2 is 2.16 bits per heavy atom. The van der Waals surface area contributed by atoms with Gasteiger partial charge in [-0.05, 0) is 30.9 Å². The molecule has 1 fully saturated rings. The number of nitrogens with zero attached hydrogens (tertiary/aromatic N) is 1. The number of ether oxygens (including phenoxy) is 1. The number of thioether (sulfide) groups is 1. The summed E-state index contributed by atoms with van der Waals surface area (Å²) >= 11 is 1.16. The minimum absolute atomic E-state index is 0.238. The van der Waals surface area contributed by atoms with Crippen LogP contribution in [-0.4, -0.2) is 23.3 Å². The van der Waals surface area contributed by atoms with Crippen molar-refractivity contribution in [3.8, 4) is 0 Å². The maximum absolute atomic E-state index is 12.4. The number of methoxy groups -OCH3 is 1. The van der Waals surface area contributed by atoms with E-state index >= 15 is 0 Å². The number of rotatable bonds is 4. The van der Waals surface area contributed by atoms with Crippen LogP contribution in [0.3, 0.4) is 0 Å². The molecule has 3 nitrogen and oxygen atoms in total. The van der Waals surface area contributed by atoms with Crippen LogP contribution in [0.5, 0.6) is 0 Å². The van der Waals surface area contributed by atoms with E-state index in [-0.39, 0.29) is 17.1 Å². The molecule has 1 aromatic rings. The third-order valence-electron chi connectivity index (χ3n) is 2.80. The molecule has 1 atom stereocenters. The summed E-state index contributed by atoms with van der Waals surface area (Å²) in [7, 11) is 1.30. The quantitative estimate of drug-likeness (QED) is 0.631. The zero-order valence-electron chi connectivity index (χ0n) is 10.1. The predicted octanol–water partition coefficient (Wildman–Crippen LogP) is 3.14. The molecule has 1 aliphatic carbocycles. The van der Waals surface area contributed by atoms with Crippen LogP contribution in [0.2, 0.25) is 0 Å². The van der Waals surface area contributed by atoms with E-state index in [0.717, 1.165) is 36.9 Å². The molecular weight excluding hydrogens is 279 g/mol. The van der Waals surface area contributed by atoms with Gasteiger partial charge in [0.15, 0.2) is 0 Å². The number of hydrogen-bond donors (Lipinski definition) is 0. The fraction of sp³-hybridized carbons (Fsp3) is 0.500. The van der Waals surface area contributed by atoms with Crippen molar-refractivity contribution in [3.63, 3.8) is 0 Å². The lowest BCUT2D eigenvalue weighted by atomic mass is 10.3. The minimum Gasteiger partial charge on any atom is -0.468 e. The van der Waals surface area contributed by atoms with E-state index < -0.39 is 11.7 Å². The Bertz CT molecular complexity index is 457. The van der Waals surface area contributed by atoms with Gasteiger partial charge in [-0.2, -0.15) is 13.2 Å². The zero-order valence-corrected chi connectivity index (χ0v) is 10.9. The third-order valence-corrected chi connectivity index (χ3v) is 4.11.